The van der Waals surface area contributed by atoms with Crippen LogP contribution in [-0.4, -0.2) is 4.86 Å². The summed E-state index contributed by atoms with van der Waals surface area (Å²) in [6, 6.07) is 0. The molecule has 16 heavy (non-hydrogen) atoms. The van der Waals surface area contributed by atoms with Gasteiger partial charge in [0.15, 0.2) is 0 Å². The summed E-state index contributed by atoms with van der Waals surface area (Å²) in [6.07, 6.45) is 8.84. The SMILES string of the molecule is CC(C)(C)C(=S)C12CC3CC(CC(C3)C1)C2. The van der Waals surface area contributed by atoms with Gasteiger partial charge in [-0.2, -0.15) is 0 Å². The van der Waals surface area contributed by atoms with Crippen molar-refractivity contribution in [3.8, 4) is 0 Å². The van der Waals surface area contributed by atoms with Crippen LogP contribution in [0.5, 0.6) is 0 Å². The first-order valence-electron chi connectivity index (χ1n) is 6.94. The second-order valence-corrected chi connectivity index (χ2v) is 8.19. The summed E-state index contributed by atoms with van der Waals surface area (Å²) in [4.78, 5) is 1.40. The first-order chi connectivity index (χ1) is 7.39. The van der Waals surface area contributed by atoms with Gasteiger partial charge in [0.05, 0.1) is 0 Å². The van der Waals surface area contributed by atoms with E-state index < -0.39 is 0 Å². The molecule has 90 valence electrons. The van der Waals surface area contributed by atoms with Crippen molar-refractivity contribution < 1.29 is 0 Å². The van der Waals surface area contributed by atoms with Crippen molar-refractivity contribution in [2.24, 2.45) is 28.6 Å². The van der Waals surface area contributed by atoms with E-state index >= 15 is 0 Å². The van der Waals surface area contributed by atoms with Crippen LogP contribution in [0.15, 0.2) is 0 Å². The smallest absolute Gasteiger partial charge is 0.00440 e. The van der Waals surface area contributed by atoms with Crippen molar-refractivity contribution in [1.29, 1.82) is 0 Å². The summed E-state index contributed by atoms with van der Waals surface area (Å²) in [5.41, 5.74) is 0.712. The van der Waals surface area contributed by atoms with Crippen molar-refractivity contribution in [2.45, 2.75) is 59.3 Å². The number of hydrogen-bond acceptors (Lipinski definition) is 1. The first-order valence-corrected chi connectivity index (χ1v) is 7.35. The average Bonchev–Trinajstić information content (AvgIpc) is 2.12. The molecule has 0 unspecified atom stereocenters. The van der Waals surface area contributed by atoms with Gasteiger partial charge in [-0.15, -0.1) is 0 Å². The van der Waals surface area contributed by atoms with Crippen molar-refractivity contribution in [3.63, 3.8) is 0 Å². The summed E-state index contributed by atoms with van der Waals surface area (Å²) in [7, 11) is 0. The predicted molar refractivity (Wildman–Crippen MR) is 72.7 cm³/mol. The highest BCUT2D eigenvalue weighted by molar-refractivity contribution is 7.80. The lowest BCUT2D eigenvalue weighted by Crippen LogP contribution is -2.52. The molecule has 1 heteroatoms. The van der Waals surface area contributed by atoms with Crippen LogP contribution in [-0.2, 0) is 0 Å². The molecule has 4 bridgehead atoms. The highest BCUT2D eigenvalue weighted by Crippen LogP contribution is 2.62. The van der Waals surface area contributed by atoms with Gasteiger partial charge in [0.2, 0.25) is 0 Å². The van der Waals surface area contributed by atoms with E-state index in [2.05, 4.69) is 20.8 Å². The monoisotopic (exact) mass is 236 g/mol. The summed E-state index contributed by atoms with van der Waals surface area (Å²) in [5.74, 6) is 3.06. The zero-order valence-electron chi connectivity index (χ0n) is 10.9. The van der Waals surface area contributed by atoms with E-state index in [1.165, 1.54) is 43.4 Å². The molecular formula is C15H24S. The normalized spacial score (nSPS) is 46.1. The third-order valence-electron chi connectivity index (χ3n) is 5.20. The molecule has 0 spiro atoms. The lowest BCUT2D eigenvalue weighted by Gasteiger charge is -2.58. The topological polar surface area (TPSA) is 0 Å². The summed E-state index contributed by atoms with van der Waals surface area (Å²) in [6.45, 7) is 6.94. The molecule has 4 rings (SSSR count). The number of rotatable bonds is 1. The largest absolute Gasteiger partial charge is 0.0885 e. The Labute approximate surface area is 105 Å². The molecule has 4 fully saturated rings. The van der Waals surface area contributed by atoms with E-state index in [0.717, 1.165) is 17.8 Å². The third kappa shape index (κ3) is 1.58. The molecule has 0 atom stereocenters. The van der Waals surface area contributed by atoms with Crippen molar-refractivity contribution in [1.82, 2.24) is 0 Å². The third-order valence-corrected chi connectivity index (χ3v) is 6.25. The van der Waals surface area contributed by atoms with E-state index in [1.807, 2.05) is 0 Å². The fourth-order valence-electron chi connectivity index (χ4n) is 5.18. The summed E-state index contributed by atoms with van der Waals surface area (Å²) < 4.78 is 0. The van der Waals surface area contributed by atoms with Crippen LogP contribution < -0.4 is 0 Å². The Morgan fingerprint density at radius 3 is 1.62 bits per heavy atom. The van der Waals surface area contributed by atoms with Gasteiger partial charge in [0.1, 0.15) is 0 Å². The minimum atomic E-state index is 0.237. The van der Waals surface area contributed by atoms with Gasteiger partial charge >= 0.3 is 0 Å². The van der Waals surface area contributed by atoms with Gasteiger partial charge in [-0.1, -0.05) is 33.0 Å². The lowest BCUT2D eigenvalue weighted by molar-refractivity contribution is -0.0145. The maximum absolute atomic E-state index is 5.88. The molecule has 0 amide bonds. The Kier molecular flexibility index (Phi) is 2.32. The standard InChI is InChI=1S/C15H24S/c1-14(2,3)13(16)15-7-10-4-11(8-15)6-12(5-10)9-15/h10-12H,4-9H2,1-3H3. The molecule has 0 heterocycles. The van der Waals surface area contributed by atoms with E-state index in [1.54, 1.807) is 0 Å². The molecule has 0 aliphatic heterocycles. The van der Waals surface area contributed by atoms with Crippen LogP contribution >= 0.6 is 12.2 Å². The molecule has 0 saturated heterocycles. The van der Waals surface area contributed by atoms with E-state index in [4.69, 9.17) is 12.2 Å². The fraction of sp³-hybridized carbons (Fsp3) is 0.933. The van der Waals surface area contributed by atoms with Crippen LogP contribution in [0.4, 0.5) is 0 Å². The predicted octanol–water partition coefficient (Wildman–Crippen LogP) is 4.62. The van der Waals surface area contributed by atoms with Crippen LogP contribution in [0.2, 0.25) is 0 Å². The van der Waals surface area contributed by atoms with E-state index in [9.17, 15) is 0 Å². The number of hydrogen-bond donors (Lipinski definition) is 0. The minimum absolute atomic E-state index is 0.237. The average molecular weight is 236 g/mol. The first kappa shape index (κ1) is 11.2. The summed E-state index contributed by atoms with van der Waals surface area (Å²) in [5, 5.41) is 0. The zero-order valence-corrected chi connectivity index (χ0v) is 11.7. The van der Waals surface area contributed by atoms with Crippen LogP contribution in [0.3, 0.4) is 0 Å². The highest BCUT2D eigenvalue weighted by atomic mass is 32.1. The van der Waals surface area contributed by atoms with E-state index in [-0.39, 0.29) is 5.41 Å². The molecular weight excluding hydrogens is 212 g/mol. The molecule has 0 aromatic carbocycles. The minimum Gasteiger partial charge on any atom is -0.0885 e. The van der Waals surface area contributed by atoms with Crippen LogP contribution in [0.1, 0.15) is 59.3 Å². The Balaban J connectivity index is 1.91. The molecule has 0 N–H and O–H groups in total. The van der Waals surface area contributed by atoms with Gasteiger partial charge in [-0.05, 0) is 61.7 Å². The van der Waals surface area contributed by atoms with Gasteiger partial charge in [-0.25, -0.2) is 0 Å². The maximum Gasteiger partial charge on any atom is 0.00440 e. The van der Waals surface area contributed by atoms with Gasteiger partial charge in [0, 0.05) is 10.3 Å². The Hall–Kier alpha value is 0.0900. The molecule has 4 aliphatic carbocycles. The molecule has 0 radical (unpaired) electrons. The molecule has 0 aromatic heterocycles. The lowest BCUT2D eigenvalue weighted by atomic mass is 9.47. The van der Waals surface area contributed by atoms with E-state index in [0.29, 0.717) is 5.41 Å². The Morgan fingerprint density at radius 2 is 1.31 bits per heavy atom. The van der Waals surface area contributed by atoms with Gasteiger partial charge in [-0.3, -0.25) is 0 Å². The second kappa shape index (κ2) is 3.31. The maximum atomic E-state index is 5.88. The molecule has 0 nitrogen and oxygen atoms in total. The molecule has 4 saturated carbocycles. The zero-order chi connectivity index (χ0) is 11.6. The van der Waals surface area contributed by atoms with Crippen molar-refractivity contribution in [2.75, 3.05) is 0 Å². The summed E-state index contributed by atoms with van der Waals surface area (Å²) >= 11 is 5.88. The van der Waals surface area contributed by atoms with Gasteiger partial charge < -0.3 is 0 Å². The second-order valence-electron chi connectivity index (χ2n) is 7.78. The van der Waals surface area contributed by atoms with Crippen LogP contribution in [0.25, 0.3) is 0 Å². The Morgan fingerprint density at radius 1 is 0.938 bits per heavy atom. The quantitative estimate of drug-likeness (QED) is 0.599. The fourth-order valence-corrected chi connectivity index (χ4v) is 5.43. The molecule has 4 aliphatic rings. The Bertz CT molecular complexity index is 286. The van der Waals surface area contributed by atoms with Gasteiger partial charge in [0.25, 0.3) is 0 Å². The molecule has 0 aromatic rings. The highest BCUT2D eigenvalue weighted by Gasteiger charge is 2.54. The number of thiocarbonyl (C=S) groups is 1. The van der Waals surface area contributed by atoms with Crippen LogP contribution in [0, 0.1) is 28.6 Å². The van der Waals surface area contributed by atoms with Crippen molar-refractivity contribution in [3.05, 3.63) is 0 Å². The van der Waals surface area contributed by atoms with Crippen molar-refractivity contribution >= 4 is 17.1 Å².